The zero-order chi connectivity index (χ0) is 13.0. The molecule has 0 atom stereocenters. The molecule has 6 nitrogen and oxygen atoms in total. The molecule has 2 amide bonds. The highest BCUT2D eigenvalue weighted by atomic mass is 16.5. The number of likely N-dealkylation sites (N-methyl/N-ethyl adjacent to an activating group) is 1. The van der Waals surface area contributed by atoms with Gasteiger partial charge in [0.25, 0.3) is 5.91 Å². The van der Waals surface area contributed by atoms with Crippen LogP contribution in [0.5, 0.6) is 5.75 Å². The molecule has 3 N–H and O–H groups in total. The molecule has 6 heteroatoms. The Morgan fingerprint density at radius 1 is 1.50 bits per heavy atom. The highest BCUT2D eigenvalue weighted by Crippen LogP contribution is 2.28. The molecule has 1 aliphatic heterocycles. The minimum absolute atomic E-state index is 0.0469. The zero-order valence-electron chi connectivity index (χ0n) is 10.1. The fraction of sp³-hybridized carbons (Fsp3) is 0.333. The molecule has 0 saturated carbocycles. The van der Waals surface area contributed by atoms with Gasteiger partial charge in [0.2, 0.25) is 5.91 Å². The van der Waals surface area contributed by atoms with Crippen molar-refractivity contribution < 1.29 is 14.3 Å². The summed E-state index contributed by atoms with van der Waals surface area (Å²) in [6.45, 7) is 0.750. The molecule has 96 valence electrons. The summed E-state index contributed by atoms with van der Waals surface area (Å²) < 4.78 is 5.25. The summed E-state index contributed by atoms with van der Waals surface area (Å²) in [6.07, 6.45) is 0. The van der Waals surface area contributed by atoms with Crippen LogP contribution in [0, 0.1) is 0 Å². The fourth-order valence-corrected chi connectivity index (χ4v) is 1.66. The Hall–Kier alpha value is -2.08. The maximum Gasteiger partial charge on any atom is 0.262 e. The average molecular weight is 249 g/mol. The molecule has 1 aromatic carbocycles. The third-order valence-electron chi connectivity index (χ3n) is 2.50. The lowest BCUT2D eigenvalue weighted by atomic mass is 10.1. The van der Waals surface area contributed by atoms with E-state index in [1.165, 1.54) is 0 Å². The van der Waals surface area contributed by atoms with Gasteiger partial charge < -0.3 is 20.7 Å². The molecule has 0 aliphatic carbocycles. The summed E-state index contributed by atoms with van der Waals surface area (Å²) in [5.74, 6) is 0.411. The van der Waals surface area contributed by atoms with Crippen LogP contribution in [0.1, 0.15) is 5.56 Å². The molecule has 1 aliphatic rings. The molecular formula is C12H15N3O3. The highest BCUT2D eigenvalue weighted by Gasteiger charge is 2.15. The van der Waals surface area contributed by atoms with E-state index in [9.17, 15) is 9.59 Å². The molecule has 0 radical (unpaired) electrons. The monoisotopic (exact) mass is 249 g/mol. The van der Waals surface area contributed by atoms with Crippen LogP contribution in [-0.4, -0.2) is 32.0 Å². The smallest absolute Gasteiger partial charge is 0.262 e. The predicted molar refractivity (Wildman–Crippen MR) is 66.3 cm³/mol. The number of carbonyl (C=O) groups is 2. The highest BCUT2D eigenvalue weighted by molar-refractivity contribution is 5.95. The standard InChI is InChI=1S/C12H15N3O3/c1-13-6-11(16)14-5-8-2-3-10-9(4-8)15-12(17)7-18-10/h2-4,13H,5-7H2,1H3,(H,14,16)(H,15,17). The summed E-state index contributed by atoms with van der Waals surface area (Å²) >= 11 is 0. The van der Waals surface area contributed by atoms with E-state index in [0.29, 0.717) is 18.0 Å². The van der Waals surface area contributed by atoms with Crippen LogP contribution in [0.3, 0.4) is 0 Å². The van der Waals surface area contributed by atoms with Crippen LogP contribution >= 0.6 is 0 Å². The van der Waals surface area contributed by atoms with Crippen molar-refractivity contribution in [1.82, 2.24) is 10.6 Å². The molecule has 0 saturated heterocycles. The van der Waals surface area contributed by atoms with Crippen molar-refractivity contribution in [3.63, 3.8) is 0 Å². The average Bonchev–Trinajstić information content (AvgIpc) is 2.36. The van der Waals surface area contributed by atoms with Gasteiger partial charge >= 0.3 is 0 Å². The summed E-state index contributed by atoms with van der Waals surface area (Å²) in [5.41, 5.74) is 1.55. The largest absolute Gasteiger partial charge is 0.482 e. The molecule has 1 heterocycles. The zero-order valence-corrected chi connectivity index (χ0v) is 10.1. The lowest BCUT2D eigenvalue weighted by Gasteiger charge is -2.18. The van der Waals surface area contributed by atoms with Crippen LogP contribution in [0.4, 0.5) is 5.69 Å². The summed E-state index contributed by atoms with van der Waals surface area (Å²) in [7, 11) is 1.71. The first-order valence-corrected chi connectivity index (χ1v) is 5.66. The minimum atomic E-state index is -0.168. The van der Waals surface area contributed by atoms with Crippen LogP contribution in [0.2, 0.25) is 0 Å². The Labute approximate surface area is 105 Å². The molecule has 0 aromatic heterocycles. The van der Waals surface area contributed by atoms with Gasteiger partial charge in [-0.1, -0.05) is 6.07 Å². The fourth-order valence-electron chi connectivity index (χ4n) is 1.66. The van der Waals surface area contributed by atoms with E-state index in [0.717, 1.165) is 5.56 Å². The first-order chi connectivity index (χ1) is 8.69. The van der Waals surface area contributed by atoms with Gasteiger partial charge in [0.15, 0.2) is 6.61 Å². The summed E-state index contributed by atoms with van der Waals surface area (Å²) in [5, 5.41) is 8.26. The Morgan fingerprint density at radius 2 is 2.33 bits per heavy atom. The second-order valence-corrected chi connectivity index (χ2v) is 3.97. The van der Waals surface area contributed by atoms with Crippen molar-refractivity contribution in [1.29, 1.82) is 0 Å². The number of hydrogen-bond acceptors (Lipinski definition) is 4. The van der Waals surface area contributed by atoms with Crippen molar-refractivity contribution in [2.75, 3.05) is 25.5 Å². The van der Waals surface area contributed by atoms with E-state index in [1.54, 1.807) is 19.2 Å². The maximum absolute atomic E-state index is 11.3. The number of anilines is 1. The molecule has 2 rings (SSSR count). The van der Waals surface area contributed by atoms with Crippen LogP contribution in [-0.2, 0) is 16.1 Å². The van der Waals surface area contributed by atoms with Crippen molar-refractivity contribution in [2.24, 2.45) is 0 Å². The van der Waals surface area contributed by atoms with Gasteiger partial charge in [-0.2, -0.15) is 0 Å². The normalized spacial score (nSPS) is 13.3. The van der Waals surface area contributed by atoms with Crippen molar-refractivity contribution in [3.8, 4) is 5.75 Å². The maximum atomic E-state index is 11.3. The van der Waals surface area contributed by atoms with Gasteiger partial charge in [0, 0.05) is 6.54 Å². The van der Waals surface area contributed by atoms with Crippen LogP contribution < -0.4 is 20.7 Å². The number of carbonyl (C=O) groups excluding carboxylic acids is 2. The number of ether oxygens (including phenoxy) is 1. The Morgan fingerprint density at radius 3 is 3.11 bits per heavy atom. The number of nitrogens with one attached hydrogen (secondary N) is 3. The summed E-state index contributed by atoms with van der Waals surface area (Å²) in [4.78, 5) is 22.5. The Kier molecular flexibility index (Phi) is 3.78. The molecule has 0 bridgehead atoms. The van der Waals surface area contributed by atoms with Crippen LogP contribution in [0.15, 0.2) is 18.2 Å². The number of benzene rings is 1. The van der Waals surface area contributed by atoms with E-state index in [4.69, 9.17) is 4.74 Å². The van der Waals surface area contributed by atoms with Crippen molar-refractivity contribution in [2.45, 2.75) is 6.54 Å². The Balaban J connectivity index is 2.00. The SMILES string of the molecule is CNCC(=O)NCc1ccc2c(c1)NC(=O)CO2. The first-order valence-electron chi connectivity index (χ1n) is 5.66. The topological polar surface area (TPSA) is 79.5 Å². The Bertz CT molecular complexity index is 474. The van der Waals surface area contributed by atoms with Gasteiger partial charge in [-0.25, -0.2) is 0 Å². The van der Waals surface area contributed by atoms with E-state index in [1.807, 2.05) is 6.07 Å². The molecule has 0 fully saturated rings. The molecular weight excluding hydrogens is 234 g/mol. The van der Waals surface area contributed by atoms with Gasteiger partial charge in [-0.05, 0) is 24.7 Å². The van der Waals surface area contributed by atoms with Gasteiger partial charge in [0.05, 0.1) is 12.2 Å². The second-order valence-electron chi connectivity index (χ2n) is 3.97. The molecule has 1 aromatic rings. The van der Waals surface area contributed by atoms with Crippen molar-refractivity contribution in [3.05, 3.63) is 23.8 Å². The lowest BCUT2D eigenvalue weighted by Crippen LogP contribution is -2.31. The lowest BCUT2D eigenvalue weighted by molar-refractivity contribution is -0.120. The number of hydrogen-bond donors (Lipinski definition) is 3. The molecule has 0 spiro atoms. The predicted octanol–water partition coefficient (Wildman–Crippen LogP) is -0.147. The van der Waals surface area contributed by atoms with E-state index in [-0.39, 0.29) is 25.0 Å². The van der Waals surface area contributed by atoms with Crippen molar-refractivity contribution >= 4 is 17.5 Å². The minimum Gasteiger partial charge on any atom is -0.482 e. The number of rotatable bonds is 4. The van der Waals surface area contributed by atoms with Gasteiger partial charge in [-0.15, -0.1) is 0 Å². The quantitative estimate of drug-likeness (QED) is 0.693. The third-order valence-corrected chi connectivity index (χ3v) is 2.50. The van der Waals surface area contributed by atoms with Gasteiger partial charge in [-0.3, -0.25) is 9.59 Å². The van der Waals surface area contributed by atoms with Gasteiger partial charge in [0.1, 0.15) is 5.75 Å². The summed E-state index contributed by atoms with van der Waals surface area (Å²) in [6, 6.07) is 5.44. The second kappa shape index (κ2) is 5.50. The first kappa shape index (κ1) is 12.4. The number of amides is 2. The molecule has 18 heavy (non-hydrogen) atoms. The van der Waals surface area contributed by atoms with E-state index >= 15 is 0 Å². The van der Waals surface area contributed by atoms with E-state index in [2.05, 4.69) is 16.0 Å². The van der Waals surface area contributed by atoms with Crippen LogP contribution in [0.25, 0.3) is 0 Å². The number of fused-ring (bicyclic) bond motifs is 1. The molecule has 0 unspecified atom stereocenters. The third kappa shape index (κ3) is 2.98. The van der Waals surface area contributed by atoms with E-state index < -0.39 is 0 Å².